The van der Waals surface area contributed by atoms with Crippen LogP contribution in [0.25, 0.3) is 0 Å². The molecule has 0 aliphatic rings. The van der Waals surface area contributed by atoms with Gasteiger partial charge in [-0.3, -0.25) is 4.90 Å². The van der Waals surface area contributed by atoms with Gasteiger partial charge in [-0.25, -0.2) is 4.39 Å². The quantitative estimate of drug-likeness (QED) is 0.0517. The average molecular weight is 736 g/mol. The molecule has 1 atom stereocenters. The van der Waals surface area contributed by atoms with E-state index < -0.39 is 24.7 Å². The molecule has 1 aromatic carbocycles. The van der Waals surface area contributed by atoms with Gasteiger partial charge >= 0.3 is 0 Å². The minimum atomic E-state index is -1.38. The number of hydrogen-bond donors (Lipinski definition) is 1. The smallest absolute Gasteiger partial charge is 0.219 e. The first-order valence-electron chi connectivity index (χ1n) is 23.5. The molecule has 302 valence electrons. The third-order valence-electron chi connectivity index (χ3n) is 11.9. The van der Waals surface area contributed by atoms with E-state index in [9.17, 15) is 8.78 Å². The average Bonchev–Trinajstić information content (AvgIpc) is 3.13. The summed E-state index contributed by atoms with van der Waals surface area (Å²) in [4.78, 5) is 1.09. The van der Waals surface area contributed by atoms with Gasteiger partial charge in [0.2, 0.25) is 5.82 Å². The van der Waals surface area contributed by atoms with Crippen LogP contribution < -0.4 is 4.90 Å². The number of quaternary nitrogens is 1. The van der Waals surface area contributed by atoms with Gasteiger partial charge in [0.15, 0.2) is 11.5 Å². The van der Waals surface area contributed by atoms with Gasteiger partial charge in [-0.2, -0.15) is 25.5 Å². The lowest BCUT2D eigenvalue weighted by atomic mass is 10.1. The van der Waals surface area contributed by atoms with Gasteiger partial charge < -0.3 is 0 Å². The summed E-state index contributed by atoms with van der Waals surface area (Å²) in [7, 11) is 0. The zero-order chi connectivity index (χ0) is 37.7. The maximum atomic E-state index is 14.0. The molecule has 0 radical (unpaired) electrons. The minimum Gasteiger partial charge on any atom is -0.300 e. The summed E-state index contributed by atoms with van der Waals surface area (Å²) in [6, 6.07) is 4.54. The molecule has 0 saturated heterocycles. The molecule has 1 nitrogen and oxygen atoms in total. The molecular formula is C47H92AlF2N. The molecule has 1 rings (SSSR count). The van der Waals surface area contributed by atoms with Crippen molar-refractivity contribution in [3.63, 3.8) is 0 Å². The second kappa shape index (κ2) is 37.9. The van der Waals surface area contributed by atoms with E-state index in [1.807, 2.05) is 0 Å². The lowest BCUT2D eigenvalue weighted by molar-refractivity contribution is -0.834. The van der Waals surface area contributed by atoms with E-state index in [2.05, 4.69) is 41.5 Å². The number of hydrogen-bond acceptors (Lipinski definition) is 0. The first kappa shape index (κ1) is 50.6. The SMILES string of the molecule is CCCCCCCCC[NH+](CCCC)c1cccc(F)c1F.CCCCCC[CH2][Al-]([CH2]CCCCCC)([CH2]CCCCCC)[CH2]CCCCCC. The van der Waals surface area contributed by atoms with Crippen molar-refractivity contribution in [3.8, 4) is 0 Å². The standard InChI is InChI=1S/C19H31F2N.4C7H15.Al/c1-3-5-7-8-9-10-11-16-22(15-6-4-2)18-14-12-13-17(20)19(18)21;4*1-3-5-7-6-4-2;/h12-14H,3-11,15-16H2,1-2H3;4*1,3-7H2,2H3;/q;;;;;-1/p+1. The van der Waals surface area contributed by atoms with Crippen LogP contribution in [0.5, 0.6) is 0 Å². The zero-order valence-electron chi connectivity index (χ0n) is 35.8. The highest BCUT2D eigenvalue weighted by Crippen LogP contribution is 2.35. The number of rotatable bonds is 36. The molecule has 0 aliphatic carbocycles. The Balaban J connectivity index is 0.00000102. The molecule has 0 heterocycles. The molecule has 51 heavy (non-hydrogen) atoms. The number of unbranched alkanes of at least 4 members (excludes halogenated alkanes) is 23. The third-order valence-corrected chi connectivity index (χ3v) is 18.5. The van der Waals surface area contributed by atoms with Crippen LogP contribution >= 0.6 is 0 Å². The van der Waals surface area contributed by atoms with Crippen molar-refractivity contribution in [1.29, 1.82) is 0 Å². The van der Waals surface area contributed by atoms with Crippen LogP contribution in [0.3, 0.4) is 0 Å². The monoisotopic (exact) mass is 736 g/mol. The van der Waals surface area contributed by atoms with E-state index in [1.54, 1.807) is 58.9 Å². The van der Waals surface area contributed by atoms with Crippen molar-refractivity contribution < 1.29 is 13.7 Å². The Morgan fingerprint density at radius 3 is 1.08 bits per heavy atom. The molecule has 1 N–H and O–H groups in total. The zero-order valence-corrected chi connectivity index (χ0v) is 37.0. The Morgan fingerprint density at radius 1 is 0.392 bits per heavy atom. The van der Waals surface area contributed by atoms with Crippen molar-refractivity contribution in [2.75, 3.05) is 13.1 Å². The summed E-state index contributed by atoms with van der Waals surface area (Å²) in [5, 5.41) is 6.80. The fourth-order valence-corrected chi connectivity index (χ4v) is 14.8. The minimum absolute atomic E-state index is 0.499. The second-order valence-electron chi connectivity index (χ2n) is 16.7. The molecule has 0 spiro atoms. The summed E-state index contributed by atoms with van der Waals surface area (Å²) < 4.78 is 27.4. The van der Waals surface area contributed by atoms with Gasteiger partial charge in [0.25, 0.3) is 0 Å². The van der Waals surface area contributed by atoms with E-state index in [-0.39, 0.29) is 0 Å². The van der Waals surface area contributed by atoms with E-state index in [0.29, 0.717) is 5.69 Å². The van der Waals surface area contributed by atoms with Crippen molar-refractivity contribution in [1.82, 2.24) is 0 Å². The van der Waals surface area contributed by atoms with Crippen molar-refractivity contribution in [2.45, 2.75) is 249 Å². The van der Waals surface area contributed by atoms with Gasteiger partial charge in [0.05, 0.1) is 13.1 Å². The van der Waals surface area contributed by atoms with Crippen LogP contribution in [-0.4, -0.2) is 26.2 Å². The summed E-state index contributed by atoms with van der Waals surface area (Å²) in [6.45, 7) is 15.5. The molecular weight excluding hydrogens is 644 g/mol. The summed E-state index contributed by atoms with van der Waals surface area (Å²) in [5.41, 5.74) is 0.499. The maximum absolute atomic E-state index is 14.0. The molecule has 0 aliphatic heterocycles. The highest BCUT2D eigenvalue weighted by molar-refractivity contribution is 6.79. The predicted octanol–water partition coefficient (Wildman–Crippen LogP) is 16.3. The largest absolute Gasteiger partial charge is 0.300 e. The summed E-state index contributed by atoms with van der Waals surface area (Å²) in [5.74, 6) is -1.40. The van der Waals surface area contributed by atoms with Crippen LogP contribution in [-0.2, 0) is 0 Å². The van der Waals surface area contributed by atoms with Crippen LogP contribution in [0.15, 0.2) is 18.2 Å². The lowest BCUT2D eigenvalue weighted by Gasteiger charge is -2.37. The summed E-state index contributed by atoms with van der Waals surface area (Å²) >= 11 is -1.38. The van der Waals surface area contributed by atoms with E-state index >= 15 is 0 Å². The number of benzene rings is 1. The second-order valence-corrected chi connectivity index (χ2v) is 22.5. The van der Waals surface area contributed by atoms with Crippen LogP contribution in [0.4, 0.5) is 14.5 Å². The van der Waals surface area contributed by atoms with Crippen molar-refractivity contribution >= 4 is 18.8 Å². The third kappa shape index (κ3) is 28.7. The van der Waals surface area contributed by atoms with E-state index in [4.69, 9.17) is 0 Å². The topological polar surface area (TPSA) is 4.44 Å². The Bertz CT molecular complexity index is 784. The van der Waals surface area contributed by atoms with E-state index in [0.717, 1.165) is 37.3 Å². The first-order valence-corrected chi connectivity index (χ1v) is 26.7. The lowest BCUT2D eigenvalue weighted by Crippen LogP contribution is -3.07. The van der Waals surface area contributed by atoms with Gasteiger partial charge in [0.1, 0.15) is 13.1 Å². The fourth-order valence-electron chi connectivity index (χ4n) is 8.45. The van der Waals surface area contributed by atoms with Gasteiger partial charge in [-0.1, -0.05) is 215 Å². The van der Waals surface area contributed by atoms with Gasteiger partial charge in [-0.05, 0) is 25.3 Å². The van der Waals surface area contributed by atoms with Gasteiger partial charge in [-0.15, -0.1) is 0 Å². The van der Waals surface area contributed by atoms with Crippen LogP contribution in [0.2, 0.25) is 21.1 Å². The number of nitrogens with one attached hydrogen (secondary N) is 1. The molecule has 0 fully saturated rings. The molecule has 4 heteroatoms. The Morgan fingerprint density at radius 2 is 0.706 bits per heavy atom. The first-order chi connectivity index (χ1) is 24.9. The van der Waals surface area contributed by atoms with Crippen LogP contribution in [0.1, 0.15) is 228 Å². The predicted molar refractivity (Wildman–Crippen MR) is 230 cm³/mol. The molecule has 0 bridgehead atoms. The summed E-state index contributed by atoms with van der Waals surface area (Å²) in [6.07, 6.45) is 40.6. The van der Waals surface area contributed by atoms with Crippen LogP contribution in [0, 0.1) is 11.6 Å². The molecule has 0 aromatic heterocycles. The Labute approximate surface area is 323 Å². The van der Waals surface area contributed by atoms with Crippen molar-refractivity contribution in [3.05, 3.63) is 29.8 Å². The highest BCUT2D eigenvalue weighted by Gasteiger charge is 2.27. The molecule has 0 amide bonds. The normalized spacial score (nSPS) is 12.2. The van der Waals surface area contributed by atoms with Crippen molar-refractivity contribution in [2.24, 2.45) is 0 Å². The highest BCUT2D eigenvalue weighted by atomic mass is 27.2. The maximum Gasteiger partial charge on any atom is 0.219 e. The molecule has 1 aromatic rings. The molecule has 0 saturated carbocycles. The molecule has 1 unspecified atom stereocenters. The Hall–Kier alpha value is -0.428. The van der Waals surface area contributed by atoms with E-state index in [1.165, 1.54) is 147 Å². The fraction of sp³-hybridized carbons (Fsp3) is 0.872. The Kier molecular flexibility index (Phi) is 37.6. The number of halogens is 2. The van der Waals surface area contributed by atoms with Gasteiger partial charge in [0, 0.05) is 6.07 Å².